The first-order valence-electron chi connectivity index (χ1n) is 7.14. The SMILES string of the molecule is Cn1c(=O)[nH]c(=O)c2c1nc(SCCCl)n2Cc1cccc(Br)c1. The second kappa shape index (κ2) is 7.16. The van der Waals surface area contributed by atoms with Crippen molar-refractivity contribution in [3.63, 3.8) is 0 Å². The number of hydrogen-bond acceptors (Lipinski definition) is 4. The van der Waals surface area contributed by atoms with E-state index >= 15 is 0 Å². The maximum atomic E-state index is 12.3. The monoisotopic (exact) mass is 428 g/mol. The Kier molecular flexibility index (Phi) is 5.17. The van der Waals surface area contributed by atoms with Crippen LogP contribution in [0.15, 0.2) is 43.5 Å². The average molecular weight is 430 g/mol. The Labute approximate surface area is 155 Å². The molecule has 0 aliphatic heterocycles. The zero-order valence-corrected chi connectivity index (χ0v) is 15.9. The molecule has 6 nitrogen and oxygen atoms in total. The Morgan fingerprint density at radius 1 is 1.38 bits per heavy atom. The summed E-state index contributed by atoms with van der Waals surface area (Å²) in [5.74, 6) is 1.13. The van der Waals surface area contributed by atoms with Crippen molar-refractivity contribution >= 4 is 50.5 Å². The Morgan fingerprint density at radius 3 is 2.88 bits per heavy atom. The fraction of sp³-hybridized carbons (Fsp3) is 0.267. The molecule has 1 aromatic carbocycles. The van der Waals surface area contributed by atoms with E-state index in [4.69, 9.17) is 11.6 Å². The summed E-state index contributed by atoms with van der Waals surface area (Å²) in [6, 6.07) is 7.83. The highest BCUT2D eigenvalue weighted by Crippen LogP contribution is 2.23. The van der Waals surface area contributed by atoms with Gasteiger partial charge in [-0.2, -0.15) is 0 Å². The van der Waals surface area contributed by atoms with Crippen molar-refractivity contribution in [2.75, 3.05) is 11.6 Å². The molecule has 0 bridgehead atoms. The van der Waals surface area contributed by atoms with Crippen molar-refractivity contribution in [3.8, 4) is 0 Å². The third kappa shape index (κ3) is 3.31. The molecule has 0 fully saturated rings. The molecule has 0 atom stereocenters. The summed E-state index contributed by atoms with van der Waals surface area (Å²) in [6.45, 7) is 0.474. The van der Waals surface area contributed by atoms with Crippen LogP contribution in [0.2, 0.25) is 0 Å². The standard InChI is InChI=1S/C15H14BrClN4O2S/c1-20-12-11(13(22)19-14(20)23)21(15(18-12)24-6-5-17)8-9-3-2-4-10(16)7-9/h2-4,7H,5-6,8H2,1H3,(H,19,22,23). The highest BCUT2D eigenvalue weighted by Gasteiger charge is 2.17. The summed E-state index contributed by atoms with van der Waals surface area (Å²) in [7, 11) is 1.59. The molecule has 0 amide bonds. The first-order chi connectivity index (χ1) is 11.5. The number of halogens is 2. The van der Waals surface area contributed by atoms with Gasteiger partial charge in [0.15, 0.2) is 16.3 Å². The fourth-order valence-corrected chi connectivity index (χ4v) is 3.82. The lowest BCUT2D eigenvalue weighted by molar-refractivity contribution is 0.728. The van der Waals surface area contributed by atoms with Crippen LogP contribution in [0.5, 0.6) is 0 Å². The Bertz CT molecular complexity index is 1010. The van der Waals surface area contributed by atoms with Gasteiger partial charge in [0, 0.05) is 23.2 Å². The van der Waals surface area contributed by atoms with Crippen LogP contribution >= 0.6 is 39.3 Å². The topological polar surface area (TPSA) is 72.7 Å². The van der Waals surface area contributed by atoms with Crippen LogP contribution in [0.3, 0.4) is 0 Å². The quantitative estimate of drug-likeness (QED) is 0.500. The van der Waals surface area contributed by atoms with Gasteiger partial charge < -0.3 is 4.57 Å². The number of aryl methyl sites for hydroxylation is 1. The highest BCUT2D eigenvalue weighted by molar-refractivity contribution is 9.10. The van der Waals surface area contributed by atoms with Crippen molar-refractivity contribution < 1.29 is 0 Å². The predicted molar refractivity (Wildman–Crippen MR) is 100 cm³/mol. The van der Waals surface area contributed by atoms with E-state index in [1.54, 1.807) is 7.05 Å². The van der Waals surface area contributed by atoms with Gasteiger partial charge >= 0.3 is 5.69 Å². The lowest BCUT2D eigenvalue weighted by atomic mass is 10.2. The maximum absolute atomic E-state index is 12.3. The highest BCUT2D eigenvalue weighted by atomic mass is 79.9. The van der Waals surface area contributed by atoms with Crippen molar-refractivity contribution in [1.29, 1.82) is 0 Å². The van der Waals surface area contributed by atoms with Gasteiger partial charge in [0.2, 0.25) is 0 Å². The van der Waals surface area contributed by atoms with Crippen LogP contribution in [0.25, 0.3) is 11.2 Å². The molecule has 0 spiro atoms. The molecule has 3 aromatic rings. The minimum absolute atomic E-state index is 0.371. The molecule has 2 heterocycles. The largest absolute Gasteiger partial charge is 0.329 e. The van der Waals surface area contributed by atoms with E-state index in [1.165, 1.54) is 16.3 Å². The molecule has 1 N–H and O–H groups in total. The van der Waals surface area contributed by atoms with Crippen LogP contribution in [0.1, 0.15) is 5.56 Å². The smallest absolute Gasteiger partial charge is 0.309 e. The third-order valence-electron chi connectivity index (χ3n) is 3.51. The first-order valence-corrected chi connectivity index (χ1v) is 9.45. The Morgan fingerprint density at radius 2 is 2.17 bits per heavy atom. The van der Waals surface area contributed by atoms with Crippen LogP contribution in [-0.2, 0) is 13.6 Å². The minimum atomic E-state index is -0.478. The molecule has 0 saturated carbocycles. The number of fused-ring (bicyclic) bond motifs is 1. The third-order valence-corrected chi connectivity index (χ3v) is 5.39. The predicted octanol–water partition coefficient (Wildman–Crippen LogP) is 2.57. The summed E-state index contributed by atoms with van der Waals surface area (Å²) in [6.07, 6.45) is 0. The number of hydrogen-bond donors (Lipinski definition) is 1. The molecule has 2 aromatic heterocycles. The molecule has 126 valence electrons. The molecule has 0 aliphatic carbocycles. The number of imidazole rings is 1. The van der Waals surface area contributed by atoms with Crippen LogP contribution in [0, 0.1) is 0 Å². The van der Waals surface area contributed by atoms with E-state index in [0.717, 1.165) is 10.0 Å². The molecule has 0 radical (unpaired) electrons. The van der Waals surface area contributed by atoms with Crippen molar-refractivity contribution in [3.05, 3.63) is 55.1 Å². The van der Waals surface area contributed by atoms with E-state index in [-0.39, 0.29) is 0 Å². The van der Waals surface area contributed by atoms with Crippen LogP contribution < -0.4 is 11.2 Å². The lowest BCUT2D eigenvalue weighted by Crippen LogP contribution is -2.29. The van der Waals surface area contributed by atoms with E-state index in [9.17, 15) is 9.59 Å². The first kappa shape index (κ1) is 17.3. The number of aromatic nitrogens is 4. The molecule has 0 unspecified atom stereocenters. The number of nitrogens with one attached hydrogen (secondary N) is 1. The molecule has 3 rings (SSSR count). The minimum Gasteiger partial charge on any atom is -0.309 e. The van der Waals surface area contributed by atoms with Gasteiger partial charge in [-0.1, -0.05) is 39.8 Å². The zero-order chi connectivity index (χ0) is 17.3. The van der Waals surface area contributed by atoms with Gasteiger partial charge in [0.1, 0.15) is 0 Å². The average Bonchev–Trinajstić information content (AvgIpc) is 2.90. The number of H-pyrrole nitrogens is 1. The normalized spacial score (nSPS) is 11.3. The second-order valence-electron chi connectivity index (χ2n) is 5.14. The van der Waals surface area contributed by atoms with Crippen molar-refractivity contribution in [2.45, 2.75) is 11.7 Å². The molecular formula is C15H14BrClN4O2S. The summed E-state index contributed by atoms with van der Waals surface area (Å²) < 4.78 is 4.13. The number of thioether (sulfide) groups is 1. The Hall–Kier alpha value is -1.51. The number of nitrogens with zero attached hydrogens (tertiary/aromatic N) is 3. The van der Waals surface area contributed by atoms with Crippen molar-refractivity contribution in [2.24, 2.45) is 7.05 Å². The molecule has 0 saturated heterocycles. The summed E-state index contributed by atoms with van der Waals surface area (Å²) >= 11 is 10.7. The number of aromatic amines is 1. The number of benzene rings is 1. The fourth-order valence-electron chi connectivity index (χ4n) is 2.42. The van der Waals surface area contributed by atoms with Gasteiger partial charge in [0.25, 0.3) is 5.56 Å². The van der Waals surface area contributed by atoms with E-state index in [2.05, 4.69) is 25.9 Å². The summed E-state index contributed by atoms with van der Waals surface area (Å²) in [5, 5.41) is 0.664. The van der Waals surface area contributed by atoms with E-state index in [1.807, 2.05) is 28.8 Å². The van der Waals surface area contributed by atoms with Gasteiger partial charge in [0.05, 0.1) is 6.54 Å². The van der Waals surface area contributed by atoms with Crippen LogP contribution in [0.4, 0.5) is 0 Å². The molecule has 24 heavy (non-hydrogen) atoms. The van der Waals surface area contributed by atoms with E-state index < -0.39 is 11.2 Å². The van der Waals surface area contributed by atoms with Crippen LogP contribution in [-0.4, -0.2) is 30.7 Å². The number of rotatable bonds is 5. The van der Waals surface area contributed by atoms with Crippen molar-refractivity contribution in [1.82, 2.24) is 19.1 Å². The summed E-state index contributed by atoms with van der Waals surface area (Å²) in [4.78, 5) is 31.0. The lowest BCUT2D eigenvalue weighted by Gasteiger charge is -2.08. The van der Waals surface area contributed by atoms with Gasteiger partial charge in [-0.05, 0) is 17.7 Å². The van der Waals surface area contributed by atoms with Gasteiger partial charge in [-0.3, -0.25) is 14.3 Å². The summed E-state index contributed by atoms with van der Waals surface area (Å²) in [5.41, 5.74) is 0.858. The second-order valence-corrected chi connectivity index (χ2v) is 7.49. The zero-order valence-electron chi connectivity index (χ0n) is 12.8. The van der Waals surface area contributed by atoms with E-state index in [0.29, 0.717) is 34.5 Å². The molecular weight excluding hydrogens is 416 g/mol. The number of alkyl halides is 1. The van der Waals surface area contributed by atoms with Gasteiger partial charge in [-0.25, -0.2) is 9.78 Å². The molecule has 0 aliphatic rings. The maximum Gasteiger partial charge on any atom is 0.329 e. The Balaban J connectivity index is 2.21. The van der Waals surface area contributed by atoms with Gasteiger partial charge in [-0.15, -0.1) is 11.6 Å². The molecule has 9 heteroatoms.